The van der Waals surface area contributed by atoms with Crippen LogP contribution in [0.4, 0.5) is 0 Å². The van der Waals surface area contributed by atoms with Crippen molar-refractivity contribution in [3.05, 3.63) is 105 Å². The van der Waals surface area contributed by atoms with Gasteiger partial charge >= 0.3 is 5.69 Å². The third-order valence-electron chi connectivity index (χ3n) is 5.32. The summed E-state index contributed by atoms with van der Waals surface area (Å²) < 4.78 is 2.36. The smallest absolute Gasteiger partial charge is 0.350 e. The van der Waals surface area contributed by atoms with Crippen LogP contribution in [0.15, 0.2) is 71.7 Å². The van der Waals surface area contributed by atoms with Gasteiger partial charge in [0, 0.05) is 19.3 Å². The van der Waals surface area contributed by atoms with Gasteiger partial charge in [0.05, 0.1) is 5.56 Å². The summed E-state index contributed by atoms with van der Waals surface area (Å²) in [4.78, 5) is 37.6. The fraction of sp³-hybridized carbons (Fsp3) is 0.200. The number of benzene rings is 2. The molecule has 8 heteroatoms. The summed E-state index contributed by atoms with van der Waals surface area (Å²) in [6, 6.07) is 18.9. The maximum atomic E-state index is 12.7. The van der Waals surface area contributed by atoms with Gasteiger partial charge in [-0.3, -0.25) is 9.59 Å². The molecule has 2 N–H and O–H groups in total. The number of fused-ring (bicyclic) bond motifs is 1. The number of amides is 2. The van der Waals surface area contributed by atoms with E-state index in [-0.39, 0.29) is 18.4 Å². The molecule has 8 nitrogen and oxygen atoms in total. The van der Waals surface area contributed by atoms with Gasteiger partial charge in [-0.2, -0.15) is 0 Å². The van der Waals surface area contributed by atoms with Crippen molar-refractivity contribution >= 4 is 17.5 Å². The molecule has 168 valence electrons. The SMILES string of the molecule is Cc1ccc(CNC(=O)Cn2nc3ccc(C(=O)NCc4ccc(C)cc4)cn3c2=O)cc1. The standard InChI is InChI=1S/C25H25N5O3/c1-17-3-7-19(8-4-17)13-26-23(31)16-30-25(33)29-15-21(11-12-22(29)28-30)24(32)27-14-20-9-5-18(2)6-10-20/h3-12,15H,13-14,16H2,1-2H3,(H,26,31)(H,27,32). The van der Waals surface area contributed by atoms with E-state index >= 15 is 0 Å². The molecule has 0 bridgehead atoms. The average Bonchev–Trinajstić information content (AvgIpc) is 3.12. The molecule has 0 radical (unpaired) electrons. The van der Waals surface area contributed by atoms with Crippen LogP contribution in [0.5, 0.6) is 0 Å². The minimum atomic E-state index is -0.483. The van der Waals surface area contributed by atoms with Crippen LogP contribution < -0.4 is 16.3 Å². The van der Waals surface area contributed by atoms with E-state index in [2.05, 4.69) is 15.7 Å². The van der Waals surface area contributed by atoms with Gasteiger partial charge in [-0.05, 0) is 37.1 Å². The maximum absolute atomic E-state index is 12.7. The molecule has 0 saturated heterocycles. The van der Waals surface area contributed by atoms with Crippen molar-refractivity contribution in [1.82, 2.24) is 24.8 Å². The molecule has 2 heterocycles. The number of nitrogens with zero attached hydrogens (tertiary/aromatic N) is 3. The van der Waals surface area contributed by atoms with Crippen molar-refractivity contribution in [1.29, 1.82) is 0 Å². The molecule has 4 aromatic rings. The van der Waals surface area contributed by atoms with Crippen molar-refractivity contribution in [2.75, 3.05) is 0 Å². The number of hydrogen-bond donors (Lipinski definition) is 2. The number of aryl methyl sites for hydroxylation is 2. The summed E-state index contributed by atoms with van der Waals surface area (Å²) in [6.45, 7) is 4.54. The Labute approximate surface area is 190 Å². The molecule has 0 aliphatic rings. The fourth-order valence-corrected chi connectivity index (χ4v) is 3.34. The monoisotopic (exact) mass is 443 g/mol. The maximum Gasteiger partial charge on any atom is 0.350 e. The average molecular weight is 444 g/mol. The first-order valence-electron chi connectivity index (χ1n) is 10.6. The molecule has 2 aromatic heterocycles. The lowest BCUT2D eigenvalue weighted by atomic mass is 10.1. The third-order valence-corrected chi connectivity index (χ3v) is 5.32. The first-order chi connectivity index (χ1) is 15.9. The number of nitrogens with one attached hydrogen (secondary N) is 2. The van der Waals surface area contributed by atoms with Gasteiger partial charge in [0.1, 0.15) is 6.54 Å². The summed E-state index contributed by atoms with van der Waals surface area (Å²) in [5, 5.41) is 9.84. The largest absolute Gasteiger partial charge is 0.350 e. The molecular weight excluding hydrogens is 418 g/mol. The van der Waals surface area contributed by atoms with E-state index in [1.54, 1.807) is 12.1 Å². The van der Waals surface area contributed by atoms with Gasteiger partial charge in [-0.25, -0.2) is 13.9 Å². The Morgan fingerprint density at radius 1 is 0.818 bits per heavy atom. The minimum absolute atomic E-state index is 0.207. The molecule has 0 unspecified atom stereocenters. The topological polar surface area (TPSA) is 97.5 Å². The van der Waals surface area contributed by atoms with Gasteiger partial charge < -0.3 is 10.6 Å². The number of aromatic nitrogens is 3. The fourth-order valence-electron chi connectivity index (χ4n) is 3.34. The summed E-state index contributed by atoms with van der Waals surface area (Å²) in [5.41, 5.74) is 4.46. The lowest BCUT2D eigenvalue weighted by Gasteiger charge is -2.06. The van der Waals surface area contributed by atoms with Gasteiger partial charge in [0.2, 0.25) is 5.91 Å². The van der Waals surface area contributed by atoms with Crippen LogP contribution >= 0.6 is 0 Å². The highest BCUT2D eigenvalue weighted by Crippen LogP contribution is 2.06. The molecule has 2 aromatic carbocycles. The molecular formula is C25H25N5O3. The Morgan fingerprint density at radius 2 is 1.39 bits per heavy atom. The Kier molecular flexibility index (Phi) is 6.35. The van der Waals surface area contributed by atoms with E-state index in [1.165, 1.54) is 10.6 Å². The van der Waals surface area contributed by atoms with Crippen molar-refractivity contribution in [2.45, 2.75) is 33.5 Å². The molecule has 0 atom stereocenters. The summed E-state index contributed by atoms with van der Waals surface area (Å²) in [5.74, 6) is -0.620. The lowest BCUT2D eigenvalue weighted by molar-refractivity contribution is -0.122. The first-order valence-corrected chi connectivity index (χ1v) is 10.6. The van der Waals surface area contributed by atoms with E-state index in [0.717, 1.165) is 26.9 Å². The highest BCUT2D eigenvalue weighted by atomic mass is 16.2. The zero-order chi connectivity index (χ0) is 23.4. The summed E-state index contributed by atoms with van der Waals surface area (Å²) >= 11 is 0. The van der Waals surface area contributed by atoms with E-state index in [4.69, 9.17) is 0 Å². The van der Waals surface area contributed by atoms with Gasteiger partial charge in [-0.1, -0.05) is 59.7 Å². The Balaban J connectivity index is 1.41. The van der Waals surface area contributed by atoms with Gasteiger partial charge in [0.15, 0.2) is 5.65 Å². The van der Waals surface area contributed by atoms with Crippen LogP contribution in [-0.2, 0) is 24.4 Å². The normalized spacial score (nSPS) is 10.8. The number of rotatable bonds is 7. The minimum Gasteiger partial charge on any atom is -0.350 e. The molecule has 33 heavy (non-hydrogen) atoms. The second kappa shape index (κ2) is 9.52. The Hall–Kier alpha value is -4.20. The second-order valence-corrected chi connectivity index (χ2v) is 8.02. The van der Waals surface area contributed by atoms with Crippen molar-refractivity contribution in [3.63, 3.8) is 0 Å². The van der Waals surface area contributed by atoms with Crippen LogP contribution in [0.2, 0.25) is 0 Å². The number of carbonyl (C=O) groups excluding carboxylic acids is 2. The Morgan fingerprint density at radius 3 is 2.00 bits per heavy atom. The van der Waals surface area contributed by atoms with Crippen LogP contribution in [0, 0.1) is 13.8 Å². The van der Waals surface area contributed by atoms with E-state index in [0.29, 0.717) is 24.3 Å². The third kappa shape index (κ3) is 5.35. The van der Waals surface area contributed by atoms with Crippen LogP contribution in [0.3, 0.4) is 0 Å². The zero-order valence-electron chi connectivity index (χ0n) is 18.5. The van der Waals surface area contributed by atoms with Crippen LogP contribution in [0.25, 0.3) is 5.65 Å². The quantitative estimate of drug-likeness (QED) is 0.458. The van der Waals surface area contributed by atoms with E-state index < -0.39 is 5.69 Å². The van der Waals surface area contributed by atoms with Gasteiger partial charge in [-0.15, -0.1) is 5.10 Å². The van der Waals surface area contributed by atoms with E-state index in [1.807, 2.05) is 62.4 Å². The predicted molar refractivity (Wildman–Crippen MR) is 125 cm³/mol. The summed E-state index contributed by atoms with van der Waals surface area (Å²) in [7, 11) is 0. The molecule has 0 fully saturated rings. The molecule has 2 amide bonds. The number of pyridine rings is 1. The number of hydrogen-bond acceptors (Lipinski definition) is 4. The van der Waals surface area contributed by atoms with Gasteiger partial charge in [0.25, 0.3) is 5.91 Å². The lowest BCUT2D eigenvalue weighted by Crippen LogP contribution is -2.32. The second-order valence-electron chi connectivity index (χ2n) is 8.02. The van der Waals surface area contributed by atoms with Crippen LogP contribution in [-0.4, -0.2) is 26.0 Å². The van der Waals surface area contributed by atoms with Crippen molar-refractivity contribution in [2.24, 2.45) is 0 Å². The first kappa shape index (κ1) is 22.0. The Bertz CT molecular complexity index is 1350. The van der Waals surface area contributed by atoms with E-state index in [9.17, 15) is 14.4 Å². The van der Waals surface area contributed by atoms with Crippen molar-refractivity contribution < 1.29 is 9.59 Å². The highest BCUT2D eigenvalue weighted by molar-refractivity contribution is 5.94. The predicted octanol–water partition coefficient (Wildman–Crippen LogP) is 2.36. The van der Waals surface area contributed by atoms with Crippen molar-refractivity contribution in [3.8, 4) is 0 Å². The zero-order valence-corrected chi connectivity index (χ0v) is 18.5. The van der Waals surface area contributed by atoms with Crippen LogP contribution in [0.1, 0.15) is 32.6 Å². The highest BCUT2D eigenvalue weighted by Gasteiger charge is 2.13. The molecule has 0 saturated carbocycles. The summed E-state index contributed by atoms with van der Waals surface area (Å²) in [6.07, 6.45) is 1.44. The molecule has 4 rings (SSSR count). The molecule has 0 aliphatic carbocycles. The molecule has 0 aliphatic heterocycles. The number of carbonyl (C=O) groups is 2. The molecule has 0 spiro atoms.